The molecule has 1 aliphatic carbocycles. The molecule has 2 bridgehead atoms. The third kappa shape index (κ3) is 2.82. The number of halogens is 1. The van der Waals surface area contributed by atoms with Gasteiger partial charge >= 0.3 is 0 Å². The summed E-state index contributed by atoms with van der Waals surface area (Å²) in [5.74, 6) is -0.569. The summed E-state index contributed by atoms with van der Waals surface area (Å²) in [5.41, 5.74) is -0.685. The Kier molecular flexibility index (Phi) is 4.22. The number of piperidine rings is 1. The first-order valence-electron chi connectivity index (χ1n) is 8.81. The smallest absolute Gasteiger partial charge is 0.234 e. The highest BCUT2D eigenvalue weighted by molar-refractivity contribution is 6.31. The van der Waals surface area contributed by atoms with E-state index in [2.05, 4.69) is 5.32 Å². The fourth-order valence-corrected chi connectivity index (χ4v) is 5.31. The van der Waals surface area contributed by atoms with E-state index in [4.69, 9.17) is 11.6 Å². The molecule has 0 aromatic heterocycles. The van der Waals surface area contributed by atoms with Crippen molar-refractivity contribution in [2.24, 2.45) is 16.2 Å². The van der Waals surface area contributed by atoms with E-state index in [0.717, 1.165) is 5.56 Å². The monoisotopic (exact) mass is 376 g/mol. The van der Waals surface area contributed by atoms with Gasteiger partial charge in [-0.3, -0.25) is 19.3 Å². The van der Waals surface area contributed by atoms with E-state index in [1.807, 2.05) is 33.8 Å². The van der Waals surface area contributed by atoms with Crippen molar-refractivity contribution in [1.82, 2.24) is 4.90 Å². The van der Waals surface area contributed by atoms with Crippen LogP contribution in [0.1, 0.15) is 45.6 Å². The van der Waals surface area contributed by atoms with Gasteiger partial charge in [-0.15, -0.1) is 0 Å². The van der Waals surface area contributed by atoms with E-state index in [1.54, 1.807) is 19.2 Å². The minimum absolute atomic E-state index is 0.176. The van der Waals surface area contributed by atoms with Gasteiger partial charge in [-0.05, 0) is 43.9 Å². The molecule has 1 aliphatic heterocycles. The molecule has 1 saturated heterocycles. The van der Waals surface area contributed by atoms with Crippen LogP contribution in [0.5, 0.6) is 0 Å². The van der Waals surface area contributed by atoms with Gasteiger partial charge in [0, 0.05) is 34.0 Å². The number of carbonyl (C=O) groups is 3. The van der Waals surface area contributed by atoms with Crippen LogP contribution >= 0.6 is 11.6 Å². The summed E-state index contributed by atoms with van der Waals surface area (Å²) < 4.78 is 0. The lowest BCUT2D eigenvalue weighted by atomic mass is 9.51. The molecule has 2 unspecified atom stereocenters. The highest BCUT2D eigenvalue weighted by Crippen LogP contribution is 2.58. The van der Waals surface area contributed by atoms with Gasteiger partial charge < -0.3 is 5.32 Å². The van der Waals surface area contributed by atoms with Gasteiger partial charge in [0.25, 0.3) is 0 Å². The molecule has 1 heterocycles. The lowest BCUT2D eigenvalue weighted by molar-refractivity contribution is -0.177. The Morgan fingerprint density at radius 3 is 2.15 bits per heavy atom. The number of aryl methyl sites for hydroxylation is 1. The maximum atomic E-state index is 13.2. The fraction of sp³-hybridized carbons (Fsp3) is 0.550. The Balaban J connectivity index is 1.95. The Morgan fingerprint density at radius 2 is 1.62 bits per heavy atom. The van der Waals surface area contributed by atoms with Crippen LogP contribution in [-0.2, 0) is 14.4 Å². The SMILES string of the molecule is Cc1ccc(Cl)cc1NC(=O)C1(C)CC2(C)CC(C)(C1)C(=O)N(C)C2=O. The van der Waals surface area contributed by atoms with Crippen LogP contribution in [0.25, 0.3) is 0 Å². The molecule has 1 saturated carbocycles. The topological polar surface area (TPSA) is 66.5 Å². The van der Waals surface area contributed by atoms with Gasteiger partial charge in [0.15, 0.2) is 0 Å². The van der Waals surface area contributed by atoms with Crippen molar-refractivity contribution in [3.8, 4) is 0 Å². The molecule has 6 heteroatoms. The molecular weight excluding hydrogens is 352 g/mol. The zero-order valence-electron chi connectivity index (χ0n) is 15.9. The predicted octanol–water partition coefficient (Wildman–Crippen LogP) is 3.79. The van der Waals surface area contributed by atoms with Crippen molar-refractivity contribution in [3.63, 3.8) is 0 Å². The van der Waals surface area contributed by atoms with E-state index in [0.29, 0.717) is 30.0 Å². The van der Waals surface area contributed by atoms with Crippen molar-refractivity contribution >= 4 is 35.0 Å². The lowest BCUT2D eigenvalue weighted by Crippen LogP contribution is -2.63. The van der Waals surface area contributed by atoms with E-state index in [9.17, 15) is 14.4 Å². The number of hydrogen-bond acceptors (Lipinski definition) is 3. The van der Waals surface area contributed by atoms with Crippen molar-refractivity contribution in [1.29, 1.82) is 0 Å². The molecule has 1 aromatic carbocycles. The number of nitrogens with one attached hydrogen (secondary N) is 1. The quantitative estimate of drug-likeness (QED) is 0.798. The normalized spacial score (nSPS) is 34.0. The van der Waals surface area contributed by atoms with Crippen molar-refractivity contribution in [3.05, 3.63) is 28.8 Å². The van der Waals surface area contributed by atoms with E-state index in [1.165, 1.54) is 4.90 Å². The van der Waals surface area contributed by atoms with Crippen LogP contribution in [0, 0.1) is 23.2 Å². The molecule has 0 radical (unpaired) electrons. The van der Waals surface area contributed by atoms with Crippen LogP contribution in [0.3, 0.4) is 0 Å². The molecule has 2 fully saturated rings. The Hall–Kier alpha value is -1.88. The summed E-state index contributed by atoms with van der Waals surface area (Å²) in [4.78, 5) is 39.9. The summed E-state index contributed by atoms with van der Waals surface area (Å²) in [6.07, 6.45) is 1.32. The number of likely N-dealkylation sites (tertiary alicyclic amines) is 1. The largest absolute Gasteiger partial charge is 0.325 e. The molecule has 3 rings (SSSR count). The van der Waals surface area contributed by atoms with Crippen molar-refractivity contribution < 1.29 is 14.4 Å². The number of anilines is 1. The summed E-state index contributed by atoms with van der Waals surface area (Å²) in [6.45, 7) is 7.48. The second-order valence-corrected chi connectivity index (χ2v) is 9.23. The first kappa shape index (κ1) is 18.9. The average Bonchev–Trinajstić information content (AvgIpc) is 2.54. The maximum Gasteiger partial charge on any atom is 0.234 e. The van der Waals surface area contributed by atoms with Gasteiger partial charge in [-0.1, -0.05) is 38.4 Å². The summed E-state index contributed by atoms with van der Waals surface area (Å²) in [7, 11) is 1.54. The second kappa shape index (κ2) is 5.81. The number of fused-ring (bicyclic) bond motifs is 2. The fourth-order valence-electron chi connectivity index (χ4n) is 5.14. The lowest BCUT2D eigenvalue weighted by Gasteiger charge is -2.55. The van der Waals surface area contributed by atoms with E-state index in [-0.39, 0.29) is 17.7 Å². The van der Waals surface area contributed by atoms with Gasteiger partial charge in [0.05, 0.1) is 0 Å². The molecule has 5 nitrogen and oxygen atoms in total. The molecule has 0 spiro atoms. The summed E-state index contributed by atoms with van der Waals surface area (Å²) >= 11 is 6.05. The zero-order valence-corrected chi connectivity index (χ0v) is 16.7. The number of benzene rings is 1. The summed E-state index contributed by atoms with van der Waals surface area (Å²) in [5, 5.41) is 3.51. The maximum absolute atomic E-state index is 13.2. The first-order valence-corrected chi connectivity index (χ1v) is 9.18. The highest BCUT2D eigenvalue weighted by atomic mass is 35.5. The van der Waals surface area contributed by atoms with Gasteiger partial charge in [0.2, 0.25) is 17.7 Å². The number of hydrogen-bond donors (Lipinski definition) is 1. The average molecular weight is 377 g/mol. The Bertz CT molecular complexity index is 791. The summed E-state index contributed by atoms with van der Waals surface area (Å²) in [6, 6.07) is 5.34. The van der Waals surface area contributed by atoms with Crippen LogP contribution < -0.4 is 5.32 Å². The highest BCUT2D eigenvalue weighted by Gasteiger charge is 2.62. The van der Waals surface area contributed by atoms with E-state index < -0.39 is 16.2 Å². The zero-order chi connectivity index (χ0) is 19.5. The molecule has 1 N–H and O–H groups in total. The van der Waals surface area contributed by atoms with Crippen LogP contribution in [0.4, 0.5) is 5.69 Å². The van der Waals surface area contributed by atoms with Crippen LogP contribution in [0.2, 0.25) is 5.02 Å². The first-order chi connectivity index (χ1) is 11.9. The number of rotatable bonds is 2. The molecule has 2 atom stereocenters. The van der Waals surface area contributed by atoms with Crippen molar-refractivity contribution in [2.45, 2.75) is 47.0 Å². The van der Waals surface area contributed by atoms with E-state index >= 15 is 0 Å². The second-order valence-electron chi connectivity index (χ2n) is 8.80. The van der Waals surface area contributed by atoms with Crippen LogP contribution in [-0.4, -0.2) is 29.7 Å². The third-order valence-electron chi connectivity index (χ3n) is 5.98. The van der Waals surface area contributed by atoms with Crippen molar-refractivity contribution in [2.75, 3.05) is 12.4 Å². The predicted molar refractivity (Wildman–Crippen MR) is 101 cm³/mol. The molecule has 2 aliphatic rings. The number of imide groups is 1. The van der Waals surface area contributed by atoms with Crippen LogP contribution in [0.15, 0.2) is 18.2 Å². The molecular formula is C20H25ClN2O3. The molecule has 3 amide bonds. The van der Waals surface area contributed by atoms with Gasteiger partial charge in [-0.2, -0.15) is 0 Å². The minimum Gasteiger partial charge on any atom is -0.325 e. The molecule has 26 heavy (non-hydrogen) atoms. The number of nitrogens with zero attached hydrogens (tertiary/aromatic N) is 1. The molecule has 1 aromatic rings. The van der Waals surface area contributed by atoms with Gasteiger partial charge in [0.1, 0.15) is 0 Å². The Labute approximate surface area is 159 Å². The number of amides is 3. The molecule has 140 valence electrons. The standard InChI is InChI=1S/C20H25ClN2O3/c1-12-6-7-13(21)8-14(12)22-15(24)18(2)9-19(3)11-20(4,10-18)17(26)23(5)16(19)25/h6-8H,9-11H2,1-5H3,(H,22,24). The third-order valence-corrected chi connectivity index (χ3v) is 6.21. The van der Waals surface area contributed by atoms with Gasteiger partial charge in [-0.25, -0.2) is 0 Å². The minimum atomic E-state index is -0.816. The number of carbonyl (C=O) groups excluding carboxylic acids is 3. The Morgan fingerprint density at radius 1 is 1.08 bits per heavy atom.